The predicted octanol–water partition coefficient (Wildman–Crippen LogP) is 5.35. The number of carbonyl (C=O) groups excluding carboxylic acids is 2. The topological polar surface area (TPSA) is 82.9 Å². The molecule has 2 aromatic carbocycles. The average molecular weight is 445 g/mol. The molecule has 0 atom stereocenters. The molecule has 2 N–H and O–H groups in total. The van der Waals surface area contributed by atoms with Crippen molar-refractivity contribution in [1.29, 1.82) is 0 Å². The van der Waals surface area contributed by atoms with E-state index in [1.807, 2.05) is 86.7 Å². The van der Waals surface area contributed by atoms with E-state index in [2.05, 4.69) is 21.1 Å². The van der Waals surface area contributed by atoms with Gasteiger partial charge in [-0.2, -0.15) is 10.2 Å². The van der Waals surface area contributed by atoms with E-state index in [0.29, 0.717) is 25.7 Å². The molecule has 6 nitrogen and oxygen atoms in total. The molecule has 0 radical (unpaired) electrons. The summed E-state index contributed by atoms with van der Waals surface area (Å²) in [4.78, 5) is 23.7. The molecule has 0 unspecified atom stereocenters. The molecular formula is C27H32N4O2. The third-order valence-corrected chi connectivity index (χ3v) is 4.61. The zero-order chi connectivity index (χ0) is 23.7. The van der Waals surface area contributed by atoms with Crippen LogP contribution in [0.15, 0.2) is 82.0 Å². The van der Waals surface area contributed by atoms with Gasteiger partial charge in [0.1, 0.15) is 0 Å². The minimum absolute atomic E-state index is 0.131. The lowest BCUT2D eigenvalue weighted by molar-refractivity contribution is -0.121. The highest BCUT2D eigenvalue weighted by Gasteiger charge is 2.02. The van der Waals surface area contributed by atoms with Crippen molar-refractivity contribution in [1.82, 2.24) is 10.9 Å². The molecule has 0 fully saturated rings. The molecule has 0 heterocycles. The summed E-state index contributed by atoms with van der Waals surface area (Å²) in [7, 11) is 0. The largest absolute Gasteiger partial charge is 0.273 e. The Morgan fingerprint density at radius 1 is 0.667 bits per heavy atom. The van der Waals surface area contributed by atoms with Gasteiger partial charge in [0.05, 0.1) is 12.4 Å². The Morgan fingerprint density at radius 3 is 1.45 bits per heavy atom. The summed E-state index contributed by atoms with van der Waals surface area (Å²) >= 11 is 0. The smallest absolute Gasteiger partial charge is 0.240 e. The Kier molecular flexibility index (Phi) is 11.6. The minimum atomic E-state index is -0.131. The Balaban J connectivity index is 1.55. The Hall–Kier alpha value is -3.80. The Morgan fingerprint density at radius 2 is 1.06 bits per heavy atom. The number of hydrazone groups is 2. The number of unbranched alkanes of at least 4 members (excludes halogenated alkanes) is 2. The zero-order valence-corrected chi connectivity index (χ0v) is 19.3. The van der Waals surface area contributed by atoms with E-state index in [1.165, 1.54) is 0 Å². The summed E-state index contributed by atoms with van der Waals surface area (Å²) in [5.74, 6) is -0.262. The highest BCUT2D eigenvalue weighted by Crippen LogP contribution is 2.06. The molecule has 172 valence electrons. The fourth-order valence-electron chi connectivity index (χ4n) is 2.97. The van der Waals surface area contributed by atoms with Crippen LogP contribution in [-0.2, 0) is 9.59 Å². The Bertz CT molecular complexity index is 912. The van der Waals surface area contributed by atoms with Crippen LogP contribution in [0.2, 0.25) is 0 Å². The SMILES string of the molecule is CC(/C=N/NC(=O)CCCCCC(=O)N/N=C/C(C)=C/c1ccccc1)=C\c1ccccc1. The molecule has 0 saturated carbocycles. The van der Waals surface area contributed by atoms with E-state index in [-0.39, 0.29) is 11.8 Å². The van der Waals surface area contributed by atoms with Crippen LogP contribution in [0.1, 0.15) is 57.1 Å². The molecule has 0 spiro atoms. The zero-order valence-electron chi connectivity index (χ0n) is 19.3. The second-order valence-corrected chi connectivity index (χ2v) is 7.75. The number of nitrogens with one attached hydrogen (secondary N) is 2. The monoisotopic (exact) mass is 444 g/mol. The van der Waals surface area contributed by atoms with E-state index in [4.69, 9.17) is 0 Å². The van der Waals surface area contributed by atoms with Gasteiger partial charge in [0.2, 0.25) is 11.8 Å². The quantitative estimate of drug-likeness (QED) is 0.263. The molecular weight excluding hydrogens is 412 g/mol. The van der Waals surface area contributed by atoms with Crippen LogP contribution >= 0.6 is 0 Å². The number of nitrogens with zero attached hydrogens (tertiary/aromatic N) is 2. The molecule has 33 heavy (non-hydrogen) atoms. The number of allylic oxidation sites excluding steroid dienone is 2. The van der Waals surface area contributed by atoms with E-state index in [0.717, 1.165) is 28.7 Å². The van der Waals surface area contributed by atoms with Crippen LogP contribution in [0.4, 0.5) is 0 Å². The summed E-state index contributed by atoms with van der Waals surface area (Å²) in [6.45, 7) is 3.86. The van der Waals surface area contributed by atoms with Crippen molar-refractivity contribution in [2.24, 2.45) is 10.2 Å². The van der Waals surface area contributed by atoms with E-state index in [1.54, 1.807) is 12.4 Å². The van der Waals surface area contributed by atoms with Crippen LogP contribution < -0.4 is 10.9 Å². The van der Waals surface area contributed by atoms with Crippen LogP contribution in [-0.4, -0.2) is 24.2 Å². The first-order valence-electron chi connectivity index (χ1n) is 11.1. The molecule has 0 saturated heterocycles. The number of amides is 2. The number of hydrogen-bond donors (Lipinski definition) is 2. The maximum Gasteiger partial charge on any atom is 0.240 e. The lowest BCUT2D eigenvalue weighted by Crippen LogP contribution is -2.18. The molecule has 0 aliphatic heterocycles. The lowest BCUT2D eigenvalue weighted by atomic mass is 10.1. The predicted molar refractivity (Wildman–Crippen MR) is 137 cm³/mol. The summed E-state index contributed by atoms with van der Waals surface area (Å²) in [6.07, 6.45) is 10.2. The van der Waals surface area contributed by atoms with Crippen molar-refractivity contribution in [3.8, 4) is 0 Å². The third-order valence-electron chi connectivity index (χ3n) is 4.61. The first-order chi connectivity index (χ1) is 16.0. The van der Waals surface area contributed by atoms with Crippen molar-refractivity contribution in [3.63, 3.8) is 0 Å². The third kappa shape index (κ3) is 12.0. The van der Waals surface area contributed by atoms with E-state index < -0.39 is 0 Å². The minimum Gasteiger partial charge on any atom is -0.273 e. The maximum atomic E-state index is 11.9. The molecule has 0 aliphatic carbocycles. The fraction of sp³-hybridized carbons (Fsp3) is 0.259. The van der Waals surface area contributed by atoms with Gasteiger partial charge in [0, 0.05) is 12.8 Å². The molecule has 0 aliphatic rings. The number of benzene rings is 2. The standard InChI is InChI=1S/C27H32N4O2/c1-22(18-24-12-6-3-7-13-24)20-28-30-26(32)16-10-5-11-17-27(33)31-29-21-23(2)19-25-14-8-4-9-15-25/h3-4,6-9,12-15,18-21H,5,10-11,16-17H2,1-2H3,(H,30,32)(H,31,33)/b22-18+,23-19+,28-20+,29-21+. The first-order valence-corrected chi connectivity index (χ1v) is 11.1. The summed E-state index contributed by atoms with van der Waals surface area (Å²) in [5.41, 5.74) is 9.14. The highest BCUT2D eigenvalue weighted by atomic mass is 16.2. The van der Waals surface area contributed by atoms with Gasteiger partial charge in [-0.3, -0.25) is 9.59 Å². The molecule has 2 amide bonds. The van der Waals surface area contributed by atoms with E-state index >= 15 is 0 Å². The van der Waals surface area contributed by atoms with Gasteiger partial charge < -0.3 is 0 Å². The van der Waals surface area contributed by atoms with Crippen LogP contribution in [0, 0.1) is 0 Å². The van der Waals surface area contributed by atoms with Crippen molar-refractivity contribution >= 4 is 36.4 Å². The number of rotatable bonds is 12. The van der Waals surface area contributed by atoms with Crippen molar-refractivity contribution in [2.45, 2.75) is 46.0 Å². The summed E-state index contributed by atoms with van der Waals surface area (Å²) in [6, 6.07) is 19.8. The average Bonchev–Trinajstić information content (AvgIpc) is 2.80. The van der Waals surface area contributed by atoms with Gasteiger partial charge in [-0.05, 0) is 49.0 Å². The number of carbonyl (C=O) groups is 2. The number of hydrogen-bond acceptors (Lipinski definition) is 4. The molecule has 6 heteroatoms. The van der Waals surface area contributed by atoms with Gasteiger partial charge in [0.25, 0.3) is 0 Å². The maximum absolute atomic E-state index is 11.9. The Labute approximate surface area is 196 Å². The van der Waals surface area contributed by atoms with Crippen LogP contribution in [0.3, 0.4) is 0 Å². The lowest BCUT2D eigenvalue weighted by Gasteiger charge is -2.02. The van der Waals surface area contributed by atoms with Crippen molar-refractivity contribution in [2.75, 3.05) is 0 Å². The van der Waals surface area contributed by atoms with Crippen LogP contribution in [0.25, 0.3) is 12.2 Å². The summed E-state index contributed by atoms with van der Waals surface area (Å²) in [5, 5.41) is 7.98. The van der Waals surface area contributed by atoms with Gasteiger partial charge in [-0.25, -0.2) is 10.9 Å². The fourth-order valence-corrected chi connectivity index (χ4v) is 2.97. The van der Waals surface area contributed by atoms with Gasteiger partial charge >= 0.3 is 0 Å². The first kappa shape index (κ1) is 25.5. The summed E-state index contributed by atoms with van der Waals surface area (Å²) < 4.78 is 0. The van der Waals surface area contributed by atoms with Gasteiger partial charge in [-0.15, -0.1) is 0 Å². The van der Waals surface area contributed by atoms with Crippen LogP contribution in [0.5, 0.6) is 0 Å². The molecule has 0 aromatic heterocycles. The van der Waals surface area contributed by atoms with Gasteiger partial charge in [0.15, 0.2) is 0 Å². The second kappa shape index (κ2) is 15.1. The molecule has 0 bridgehead atoms. The second-order valence-electron chi connectivity index (χ2n) is 7.75. The molecule has 2 rings (SSSR count). The van der Waals surface area contributed by atoms with Gasteiger partial charge in [-0.1, -0.05) is 79.2 Å². The molecule has 2 aromatic rings. The highest BCUT2D eigenvalue weighted by molar-refractivity contribution is 5.87. The normalized spacial score (nSPS) is 12.3. The van der Waals surface area contributed by atoms with Crippen molar-refractivity contribution < 1.29 is 9.59 Å². The van der Waals surface area contributed by atoms with E-state index in [9.17, 15) is 9.59 Å². The van der Waals surface area contributed by atoms with Crippen molar-refractivity contribution in [3.05, 3.63) is 82.9 Å².